The second-order valence-electron chi connectivity index (χ2n) is 6.49. The van der Waals surface area contributed by atoms with E-state index in [4.69, 9.17) is 0 Å². The lowest BCUT2D eigenvalue weighted by molar-refractivity contribution is 0.0827. The van der Waals surface area contributed by atoms with E-state index < -0.39 is 10.0 Å². The van der Waals surface area contributed by atoms with Crippen molar-refractivity contribution in [3.63, 3.8) is 0 Å². The summed E-state index contributed by atoms with van der Waals surface area (Å²) in [5, 5.41) is 9.73. The van der Waals surface area contributed by atoms with Gasteiger partial charge in [-0.2, -0.15) is 4.31 Å². The summed E-state index contributed by atoms with van der Waals surface area (Å²) in [6.07, 6.45) is 0.308. The second-order valence-corrected chi connectivity index (χ2v) is 8.43. The number of hydrogen-bond acceptors (Lipinski definition) is 5. The molecule has 1 amide bonds. The van der Waals surface area contributed by atoms with Gasteiger partial charge in [0.2, 0.25) is 10.0 Å². The van der Waals surface area contributed by atoms with Gasteiger partial charge in [0.25, 0.3) is 5.91 Å². The van der Waals surface area contributed by atoms with Crippen molar-refractivity contribution < 1.29 is 18.3 Å². The van der Waals surface area contributed by atoms with Crippen molar-refractivity contribution in [2.75, 3.05) is 46.8 Å². The maximum atomic E-state index is 12.9. The Balaban J connectivity index is 2.10. The fourth-order valence-corrected chi connectivity index (χ4v) is 4.25. The molecule has 1 aliphatic rings. The average molecular weight is 369 g/mol. The molecule has 0 radical (unpaired) electrons. The predicted octanol–water partition coefficient (Wildman–Crippen LogP) is 0.466. The minimum atomic E-state index is -3.63. The summed E-state index contributed by atoms with van der Waals surface area (Å²) in [5.74, 6) is -0.226. The molecule has 1 saturated heterocycles. The molecule has 0 aromatic heterocycles. The Labute approximate surface area is 149 Å². The molecular weight excluding hydrogens is 342 g/mol. The highest BCUT2D eigenvalue weighted by molar-refractivity contribution is 7.89. The molecule has 0 spiro atoms. The highest BCUT2D eigenvalue weighted by Gasteiger charge is 2.29. The van der Waals surface area contributed by atoms with Gasteiger partial charge in [0, 0.05) is 52.4 Å². The van der Waals surface area contributed by atoms with E-state index in [1.807, 2.05) is 6.92 Å². The number of aliphatic hydroxyl groups is 1. The third-order valence-electron chi connectivity index (χ3n) is 4.40. The Morgan fingerprint density at radius 3 is 2.44 bits per heavy atom. The minimum Gasteiger partial charge on any atom is -0.392 e. The van der Waals surface area contributed by atoms with Crippen LogP contribution in [0.5, 0.6) is 0 Å². The van der Waals surface area contributed by atoms with Gasteiger partial charge in [-0.1, -0.05) is 13.0 Å². The Morgan fingerprint density at radius 1 is 1.24 bits per heavy atom. The van der Waals surface area contributed by atoms with Crippen LogP contribution in [0.25, 0.3) is 0 Å². The van der Waals surface area contributed by atoms with E-state index in [0.717, 1.165) is 0 Å². The van der Waals surface area contributed by atoms with E-state index in [0.29, 0.717) is 44.7 Å². The highest BCUT2D eigenvalue weighted by Crippen LogP contribution is 2.19. The van der Waals surface area contributed by atoms with E-state index in [1.165, 1.54) is 21.3 Å². The smallest absolute Gasteiger partial charge is 0.253 e. The van der Waals surface area contributed by atoms with E-state index in [2.05, 4.69) is 4.90 Å². The van der Waals surface area contributed by atoms with Gasteiger partial charge in [-0.25, -0.2) is 8.42 Å². The summed E-state index contributed by atoms with van der Waals surface area (Å²) in [5.41, 5.74) is 0.357. The summed E-state index contributed by atoms with van der Waals surface area (Å²) < 4.78 is 27.1. The van der Waals surface area contributed by atoms with Crippen LogP contribution in [0, 0.1) is 0 Å². The molecule has 1 N–H and O–H groups in total. The van der Waals surface area contributed by atoms with Crippen molar-refractivity contribution in [2.24, 2.45) is 0 Å². The molecule has 1 aromatic carbocycles. The lowest BCUT2D eigenvalue weighted by Crippen LogP contribution is -2.50. The summed E-state index contributed by atoms with van der Waals surface area (Å²) in [4.78, 5) is 15.7. The van der Waals surface area contributed by atoms with E-state index in [9.17, 15) is 18.3 Å². The number of carbonyl (C=O) groups is 1. The number of piperazine rings is 1. The minimum absolute atomic E-state index is 0.141. The Hall–Kier alpha value is -1.48. The Morgan fingerprint density at radius 2 is 1.88 bits per heavy atom. The highest BCUT2D eigenvalue weighted by atomic mass is 32.2. The van der Waals surface area contributed by atoms with Crippen LogP contribution in [-0.4, -0.2) is 86.5 Å². The first kappa shape index (κ1) is 19.8. The Kier molecular flexibility index (Phi) is 6.56. The molecule has 0 saturated carbocycles. The van der Waals surface area contributed by atoms with Crippen LogP contribution in [0.4, 0.5) is 0 Å². The average Bonchev–Trinajstić information content (AvgIpc) is 2.61. The molecule has 1 aromatic rings. The van der Waals surface area contributed by atoms with E-state index in [-0.39, 0.29) is 16.9 Å². The van der Waals surface area contributed by atoms with Crippen molar-refractivity contribution >= 4 is 15.9 Å². The number of β-amino-alcohol motifs (C(OH)–C–C–N with tert-alkyl or cyclic N) is 1. The van der Waals surface area contributed by atoms with E-state index in [1.54, 1.807) is 26.2 Å². The first-order valence-electron chi connectivity index (χ1n) is 8.48. The molecule has 8 heteroatoms. The Bertz CT molecular complexity index is 698. The molecular formula is C17H27N3O4S. The summed E-state index contributed by atoms with van der Waals surface area (Å²) in [6.45, 7) is 4.43. The fourth-order valence-electron chi connectivity index (χ4n) is 2.78. The number of benzene rings is 1. The van der Waals surface area contributed by atoms with Crippen LogP contribution in [0.3, 0.4) is 0 Å². The molecule has 1 heterocycles. The van der Waals surface area contributed by atoms with Crippen LogP contribution in [0.2, 0.25) is 0 Å². The summed E-state index contributed by atoms with van der Waals surface area (Å²) in [7, 11) is -0.363. The molecule has 1 atom stereocenters. The molecule has 0 bridgehead atoms. The standard InChI is InChI=1S/C17H27N3O4S/c1-4-15(21)13-19-8-10-20(11-9-19)25(23,24)16-7-5-6-14(12-16)17(22)18(2)3/h5-7,12,15,21H,4,8-11,13H2,1-3H3/t15-/m0/s1. The number of rotatable bonds is 6. The van der Waals surface area contributed by atoms with Gasteiger partial charge in [-0.05, 0) is 24.6 Å². The molecule has 0 unspecified atom stereocenters. The quantitative estimate of drug-likeness (QED) is 0.788. The van der Waals surface area contributed by atoms with Gasteiger partial charge < -0.3 is 10.0 Å². The predicted molar refractivity (Wildman–Crippen MR) is 96.0 cm³/mol. The number of hydrogen-bond donors (Lipinski definition) is 1. The lowest BCUT2D eigenvalue weighted by atomic mass is 10.2. The van der Waals surface area contributed by atoms with E-state index >= 15 is 0 Å². The topological polar surface area (TPSA) is 81.2 Å². The van der Waals surface area contributed by atoms with Gasteiger partial charge in [-0.3, -0.25) is 9.69 Å². The number of nitrogens with zero attached hydrogens (tertiary/aromatic N) is 3. The monoisotopic (exact) mass is 369 g/mol. The number of sulfonamides is 1. The zero-order valence-corrected chi connectivity index (χ0v) is 15.9. The number of carbonyl (C=O) groups excluding carboxylic acids is 1. The zero-order chi connectivity index (χ0) is 18.6. The number of aliphatic hydroxyl groups excluding tert-OH is 1. The van der Waals surface area contributed by atoms with Crippen LogP contribution in [0.1, 0.15) is 23.7 Å². The van der Waals surface area contributed by atoms with Gasteiger partial charge >= 0.3 is 0 Å². The second kappa shape index (κ2) is 8.27. The zero-order valence-electron chi connectivity index (χ0n) is 15.1. The lowest BCUT2D eigenvalue weighted by Gasteiger charge is -2.34. The fraction of sp³-hybridized carbons (Fsp3) is 0.588. The molecule has 2 rings (SSSR count). The van der Waals surface area contributed by atoms with Gasteiger partial charge in [-0.15, -0.1) is 0 Å². The van der Waals surface area contributed by atoms with Crippen molar-refractivity contribution in [3.05, 3.63) is 29.8 Å². The largest absolute Gasteiger partial charge is 0.392 e. The molecule has 25 heavy (non-hydrogen) atoms. The van der Waals surface area contributed by atoms with Gasteiger partial charge in [0.05, 0.1) is 11.0 Å². The summed E-state index contributed by atoms with van der Waals surface area (Å²) >= 11 is 0. The molecule has 7 nitrogen and oxygen atoms in total. The van der Waals surface area contributed by atoms with Gasteiger partial charge in [0.15, 0.2) is 0 Å². The van der Waals surface area contributed by atoms with Crippen molar-refractivity contribution in [3.8, 4) is 0 Å². The van der Waals surface area contributed by atoms with Gasteiger partial charge in [0.1, 0.15) is 0 Å². The molecule has 0 aliphatic carbocycles. The first-order chi connectivity index (χ1) is 11.8. The van der Waals surface area contributed by atoms with Crippen LogP contribution < -0.4 is 0 Å². The first-order valence-corrected chi connectivity index (χ1v) is 9.92. The maximum Gasteiger partial charge on any atom is 0.253 e. The van der Waals surface area contributed by atoms with Crippen molar-refractivity contribution in [2.45, 2.75) is 24.3 Å². The molecule has 140 valence electrons. The van der Waals surface area contributed by atoms with Crippen molar-refractivity contribution in [1.82, 2.24) is 14.1 Å². The third kappa shape index (κ3) is 4.78. The van der Waals surface area contributed by atoms with Crippen LogP contribution in [0.15, 0.2) is 29.2 Å². The maximum absolute atomic E-state index is 12.9. The molecule has 1 aliphatic heterocycles. The normalized spacial score (nSPS) is 18.1. The SMILES string of the molecule is CC[C@H](O)CN1CCN(S(=O)(=O)c2cccc(C(=O)N(C)C)c2)CC1. The summed E-state index contributed by atoms with van der Waals surface area (Å²) in [6, 6.07) is 6.17. The van der Waals surface area contributed by atoms with Crippen LogP contribution >= 0.6 is 0 Å². The van der Waals surface area contributed by atoms with Crippen LogP contribution in [-0.2, 0) is 10.0 Å². The third-order valence-corrected chi connectivity index (χ3v) is 6.29. The van der Waals surface area contributed by atoms with Crippen molar-refractivity contribution in [1.29, 1.82) is 0 Å². The molecule has 1 fully saturated rings. The number of amides is 1.